The van der Waals surface area contributed by atoms with Crippen LogP contribution in [0.2, 0.25) is 0 Å². The van der Waals surface area contributed by atoms with E-state index >= 15 is 0 Å². The van der Waals surface area contributed by atoms with Crippen LogP contribution in [0.1, 0.15) is 39.2 Å². The third-order valence-corrected chi connectivity index (χ3v) is 5.03. The zero-order chi connectivity index (χ0) is 19.3. The highest BCUT2D eigenvalue weighted by atomic mass is 127. The summed E-state index contributed by atoms with van der Waals surface area (Å²) in [7, 11) is 0. The van der Waals surface area contributed by atoms with Crippen molar-refractivity contribution in [2.24, 2.45) is 16.8 Å². The number of hydrogen-bond donors (Lipinski definition) is 2. The number of halogens is 1. The van der Waals surface area contributed by atoms with Crippen molar-refractivity contribution in [3.05, 3.63) is 35.9 Å². The molecule has 2 N–H and O–H groups in total. The maximum Gasteiger partial charge on any atom is 0.191 e. The average molecular weight is 502 g/mol. The zero-order valence-electron chi connectivity index (χ0n) is 17.8. The number of benzene rings is 1. The smallest absolute Gasteiger partial charge is 0.191 e. The summed E-state index contributed by atoms with van der Waals surface area (Å²) in [5, 5.41) is 6.91. The van der Waals surface area contributed by atoms with Gasteiger partial charge in [-0.05, 0) is 50.3 Å². The second-order valence-electron chi connectivity index (χ2n) is 7.61. The zero-order valence-corrected chi connectivity index (χ0v) is 20.2. The minimum Gasteiger partial charge on any atom is -0.376 e. The summed E-state index contributed by atoms with van der Waals surface area (Å²) < 4.78 is 5.84. The molecule has 160 valence electrons. The van der Waals surface area contributed by atoms with E-state index in [9.17, 15) is 0 Å². The Balaban J connectivity index is 0.00000392. The highest BCUT2D eigenvalue weighted by molar-refractivity contribution is 14.0. The van der Waals surface area contributed by atoms with Crippen molar-refractivity contribution in [2.75, 3.05) is 45.9 Å². The van der Waals surface area contributed by atoms with Crippen LogP contribution in [0.15, 0.2) is 35.3 Å². The fourth-order valence-electron chi connectivity index (χ4n) is 3.44. The standard InChI is InChI=1S/C22H38N4O.HI/c1-4-23-22(25-15-21-12-9-13-26(5-2)16-21)24-14-19(3)17-27-18-20-10-7-6-8-11-20;/h6-8,10-11,19,21H,4-5,9,12-18H2,1-3H3,(H2,23,24,25);1H. The molecule has 1 heterocycles. The van der Waals surface area contributed by atoms with Gasteiger partial charge in [-0.1, -0.05) is 44.2 Å². The van der Waals surface area contributed by atoms with E-state index < -0.39 is 0 Å². The first kappa shape index (κ1) is 25.2. The third-order valence-electron chi connectivity index (χ3n) is 5.03. The molecule has 1 aliphatic rings. The molecule has 0 spiro atoms. The van der Waals surface area contributed by atoms with E-state index in [4.69, 9.17) is 9.73 Å². The first-order chi connectivity index (χ1) is 13.2. The summed E-state index contributed by atoms with van der Waals surface area (Å²) in [6.45, 7) is 14.2. The van der Waals surface area contributed by atoms with E-state index in [-0.39, 0.29) is 24.0 Å². The summed E-state index contributed by atoms with van der Waals surface area (Å²) in [6.07, 6.45) is 2.62. The van der Waals surface area contributed by atoms with Gasteiger partial charge < -0.3 is 20.3 Å². The van der Waals surface area contributed by atoms with Crippen LogP contribution in [-0.2, 0) is 11.3 Å². The van der Waals surface area contributed by atoms with Gasteiger partial charge in [-0.25, -0.2) is 0 Å². The first-order valence-electron chi connectivity index (χ1n) is 10.6. The van der Waals surface area contributed by atoms with Crippen LogP contribution in [-0.4, -0.2) is 56.7 Å². The molecule has 28 heavy (non-hydrogen) atoms. The van der Waals surface area contributed by atoms with Crippen molar-refractivity contribution in [3.8, 4) is 0 Å². The molecule has 1 saturated heterocycles. The minimum absolute atomic E-state index is 0. The lowest BCUT2D eigenvalue weighted by Gasteiger charge is -2.32. The SMILES string of the molecule is CCNC(=NCC(C)COCc1ccccc1)NCC1CCCN(CC)C1.I. The summed E-state index contributed by atoms with van der Waals surface area (Å²) in [5.41, 5.74) is 1.22. The van der Waals surface area contributed by atoms with Crippen molar-refractivity contribution >= 4 is 29.9 Å². The predicted molar refractivity (Wildman–Crippen MR) is 129 cm³/mol. The summed E-state index contributed by atoms with van der Waals surface area (Å²) in [4.78, 5) is 7.31. The molecule has 2 unspecified atom stereocenters. The second-order valence-corrected chi connectivity index (χ2v) is 7.61. The van der Waals surface area contributed by atoms with Gasteiger partial charge >= 0.3 is 0 Å². The van der Waals surface area contributed by atoms with Gasteiger partial charge in [0.2, 0.25) is 0 Å². The van der Waals surface area contributed by atoms with Crippen LogP contribution in [0.5, 0.6) is 0 Å². The molecule has 2 atom stereocenters. The topological polar surface area (TPSA) is 48.9 Å². The van der Waals surface area contributed by atoms with Crippen molar-refractivity contribution in [3.63, 3.8) is 0 Å². The first-order valence-corrected chi connectivity index (χ1v) is 10.6. The lowest BCUT2D eigenvalue weighted by molar-refractivity contribution is 0.0945. The van der Waals surface area contributed by atoms with Crippen LogP contribution in [0.4, 0.5) is 0 Å². The Morgan fingerprint density at radius 3 is 2.75 bits per heavy atom. The number of likely N-dealkylation sites (tertiary alicyclic amines) is 1. The summed E-state index contributed by atoms with van der Waals surface area (Å²) in [5.74, 6) is 2.05. The Hall–Kier alpha value is -0.860. The van der Waals surface area contributed by atoms with Crippen molar-refractivity contribution in [1.29, 1.82) is 0 Å². The molecule has 0 saturated carbocycles. The van der Waals surface area contributed by atoms with Crippen molar-refractivity contribution < 1.29 is 4.74 Å². The molecule has 0 aliphatic carbocycles. The fraction of sp³-hybridized carbons (Fsp3) is 0.682. The molecule has 0 radical (unpaired) electrons. The average Bonchev–Trinajstić information content (AvgIpc) is 2.71. The molecular formula is C22H39IN4O. The molecule has 0 aromatic heterocycles. The maximum absolute atomic E-state index is 5.84. The van der Waals surface area contributed by atoms with Crippen LogP contribution >= 0.6 is 24.0 Å². The number of guanidine groups is 1. The number of rotatable bonds is 10. The largest absolute Gasteiger partial charge is 0.376 e. The molecule has 2 rings (SSSR count). The number of aliphatic imine (C=N–C) groups is 1. The Bertz CT molecular complexity index is 541. The lowest BCUT2D eigenvalue weighted by Crippen LogP contribution is -2.44. The van der Waals surface area contributed by atoms with Crippen LogP contribution in [0, 0.1) is 11.8 Å². The second kappa shape index (κ2) is 15.0. The van der Waals surface area contributed by atoms with E-state index in [0.29, 0.717) is 18.4 Å². The molecule has 0 amide bonds. The fourth-order valence-corrected chi connectivity index (χ4v) is 3.44. The van der Waals surface area contributed by atoms with E-state index in [1.807, 2.05) is 18.2 Å². The van der Waals surface area contributed by atoms with Crippen LogP contribution in [0.3, 0.4) is 0 Å². The van der Waals surface area contributed by atoms with Gasteiger partial charge in [-0.3, -0.25) is 4.99 Å². The van der Waals surface area contributed by atoms with Crippen LogP contribution < -0.4 is 10.6 Å². The summed E-state index contributed by atoms with van der Waals surface area (Å²) >= 11 is 0. The van der Waals surface area contributed by atoms with Crippen LogP contribution in [0.25, 0.3) is 0 Å². The third kappa shape index (κ3) is 10.1. The number of nitrogens with one attached hydrogen (secondary N) is 2. The Morgan fingerprint density at radius 2 is 2.04 bits per heavy atom. The quantitative estimate of drug-likeness (QED) is 0.291. The van der Waals surface area contributed by atoms with Gasteiger partial charge in [-0.15, -0.1) is 24.0 Å². The van der Waals surface area contributed by atoms with Crippen molar-refractivity contribution in [1.82, 2.24) is 15.5 Å². The number of ether oxygens (including phenoxy) is 1. The highest BCUT2D eigenvalue weighted by Crippen LogP contribution is 2.15. The molecule has 1 aromatic rings. The Kier molecular flexibility index (Phi) is 13.5. The Labute approximate surface area is 188 Å². The maximum atomic E-state index is 5.84. The monoisotopic (exact) mass is 502 g/mol. The van der Waals surface area contributed by atoms with E-state index in [1.165, 1.54) is 31.5 Å². The highest BCUT2D eigenvalue weighted by Gasteiger charge is 2.18. The minimum atomic E-state index is 0. The van der Waals surface area contributed by atoms with E-state index in [0.717, 1.165) is 38.7 Å². The van der Waals surface area contributed by atoms with Gasteiger partial charge in [0.05, 0.1) is 13.2 Å². The number of piperidine rings is 1. The normalized spacial score (nSPS) is 19.0. The predicted octanol–water partition coefficient (Wildman–Crippen LogP) is 3.74. The molecule has 1 fully saturated rings. The molecule has 6 heteroatoms. The van der Waals surface area contributed by atoms with E-state index in [1.54, 1.807) is 0 Å². The summed E-state index contributed by atoms with van der Waals surface area (Å²) in [6, 6.07) is 10.3. The molecule has 1 aromatic carbocycles. The Morgan fingerprint density at radius 1 is 1.25 bits per heavy atom. The number of nitrogens with zero attached hydrogens (tertiary/aromatic N) is 2. The van der Waals surface area contributed by atoms with Gasteiger partial charge in [0.15, 0.2) is 5.96 Å². The van der Waals surface area contributed by atoms with Gasteiger partial charge in [0.1, 0.15) is 0 Å². The molecular weight excluding hydrogens is 463 g/mol. The lowest BCUT2D eigenvalue weighted by atomic mass is 9.98. The molecule has 1 aliphatic heterocycles. The molecule has 0 bridgehead atoms. The van der Waals surface area contributed by atoms with Gasteiger partial charge in [0, 0.05) is 26.2 Å². The van der Waals surface area contributed by atoms with Gasteiger partial charge in [0.25, 0.3) is 0 Å². The van der Waals surface area contributed by atoms with Gasteiger partial charge in [-0.2, -0.15) is 0 Å². The van der Waals surface area contributed by atoms with Crippen molar-refractivity contribution in [2.45, 2.75) is 40.2 Å². The number of hydrogen-bond acceptors (Lipinski definition) is 3. The van der Waals surface area contributed by atoms with E-state index in [2.05, 4.69) is 48.4 Å². The molecule has 5 nitrogen and oxygen atoms in total.